The molecule has 0 aromatic heterocycles. The fraction of sp³-hybridized carbons (Fsp3) is 0.429. The Morgan fingerprint density at radius 2 is 1.96 bits per heavy atom. The topological polar surface area (TPSA) is 32.7 Å². The number of nitrogens with zero attached hydrogens (tertiary/aromatic N) is 1. The fourth-order valence-electron chi connectivity index (χ4n) is 3.65. The number of rotatable bonds is 6. The number of likely N-dealkylation sites (tertiary alicyclic amines) is 1. The van der Waals surface area contributed by atoms with Gasteiger partial charge in [0.2, 0.25) is 0 Å². The molecule has 0 amide bonds. The monoisotopic (exact) mass is 343 g/mol. The van der Waals surface area contributed by atoms with Crippen LogP contribution in [-0.2, 0) is 12.8 Å². The Hall–Kier alpha value is -1.91. The zero-order chi connectivity index (χ0) is 17.9. The van der Waals surface area contributed by atoms with E-state index in [9.17, 15) is 9.50 Å². The highest BCUT2D eigenvalue weighted by Crippen LogP contribution is 2.35. The highest BCUT2D eigenvalue weighted by molar-refractivity contribution is 5.35. The molecule has 2 aromatic rings. The van der Waals surface area contributed by atoms with Gasteiger partial charge in [0, 0.05) is 13.0 Å². The summed E-state index contributed by atoms with van der Waals surface area (Å²) in [5.74, 6) is 0.459. The molecule has 2 unspecified atom stereocenters. The van der Waals surface area contributed by atoms with Gasteiger partial charge in [-0.25, -0.2) is 4.39 Å². The van der Waals surface area contributed by atoms with Crippen molar-refractivity contribution in [3.8, 4) is 5.75 Å². The third-order valence-corrected chi connectivity index (χ3v) is 5.14. The first-order valence-electron chi connectivity index (χ1n) is 8.93. The second kappa shape index (κ2) is 7.54. The van der Waals surface area contributed by atoms with E-state index in [0.717, 1.165) is 18.4 Å². The molecule has 1 heterocycles. The lowest BCUT2D eigenvalue weighted by Gasteiger charge is -2.36. The van der Waals surface area contributed by atoms with E-state index in [1.54, 1.807) is 12.1 Å². The molecule has 3 rings (SSSR count). The van der Waals surface area contributed by atoms with Gasteiger partial charge in [0.25, 0.3) is 0 Å². The van der Waals surface area contributed by atoms with Crippen LogP contribution >= 0.6 is 0 Å². The van der Waals surface area contributed by atoms with E-state index < -0.39 is 11.8 Å². The zero-order valence-electron chi connectivity index (χ0n) is 14.9. The van der Waals surface area contributed by atoms with Gasteiger partial charge >= 0.3 is 0 Å². The number of halogens is 1. The third-order valence-electron chi connectivity index (χ3n) is 5.14. The molecule has 3 nitrogen and oxygen atoms in total. The predicted molar refractivity (Wildman–Crippen MR) is 97.2 cm³/mol. The lowest BCUT2D eigenvalue weighted by molar-refractivity contribution is -0.0472. The average Bonchev–Trinajstić information content (AvgIpc) is 2.90. The van der Waals surface area contributed by atoms with Crippen LogP contribution in [0.1, 0.15) is 30.9 Å². The van der Waals surface area contributed by atoms with E-state index in [4.69, 9.17) is 4.74 Å². The normalized spacial score (nSPS) is 23.8. The van der Waals surface area contributed by atoms with E-state index >= 15 is 0 Å². The van der Waals surface area contributed by atoms with Crippen molar-refractivity contribution in [2.24, 2.45) is 0 Å². The molecule has 1 aliphatic rings. The van der Waals surface area contributed by atoms with Crippen molar-refractivity contribution in [1.29, 1.82) is 0 Å². The van der Waals surface area contributed by atoms with Gasteiger partial charge in [-0.1, -0.05) is 37.3 Å². The summed E-state index contributed by atoms with van der Waals surface area (Å²) < 4.78 is 20.2. The molecule has 0 bridgehead atoms. The summed E-state index contributed by atoms with van der Waals surface area (Å²) in [6.45, 7) is 2.65. The van der Waals surface area contributed by atoms with Crippen molar-refractivity contribution in [3.05, 3.63) is 65.5 Å². The smallest absolute Gasteiger partial charge is 0.165 e. The van der Waals surface area contributed by atoms with Gasteiger partial charge in [-0.2, -0.15) is 0 Å². The van der Waals surface area contributed by atoms with Crippen molar-refractivity contribution in [1.82, 2.24) is 4.90 Å². The Labute approximate surface area is 149 Å². The Morgan fingerprint density at radius 3 is 2.60 bits per heavy atom. The predicted octanol–water partition coefficient (Wildman–Crippen LogP) is 3.79. The number of aliphatic hydroxyl groups is 1. The maximum absolute atomic E-state index is 13.8. The summed E-state index contributed by atoms with van der Waals surface area (Å²) in [6.07, 6.45) is 2.48. The first-order valence-corrected chi connectivity index (χ1v) is 8.93. The fourth-order valence-corrected chi connectivity index (χ4v) is 3.65. The lowest BCUT2D eigenvalue weighted by atomic mass is 10.0. The summed E-state index contributed by atoms with van der Waals surface area (Å²) in [4.78, 5) is 2.06. The van der Waals surface area contributed by atoms with Crippen LogP contribution in [0.4, 0.5) is 4.39 Å². The standard InChI is InChI=1S/C21H26FNO2/c1-3-21(14-19(24)15-23(21)2)25-20-12-11-18(22)13-17(20)10-9-16-7-5-4-6-8-16/h4-8,11-13,19,24H,3,9-10,14-15H2,1-2H3. The molecule has 0 saturated carbocycles. The Bertz CT molecular complexity index is 706. The number of likely N-dealkylation sites (N-methyl/N-ethyl adjacent to an activating group) is 1. The number of benzene rings is 2. The summed E-state index contributed by atoms with van der Waals surface area (Å²) in [7, 11) is 1.97. The Kier molecular flexibility index (Phi) is 5.40. The number of hydrogen-bond acceptors (Lipinski definition) is 3. The number of hydrogen-bond donors (Lipinski definition) is 1. The third kappa shape index (κ3) is 4.02. The van der Waals surface area contributed by atoms with E-state index in [2.05, 4.69) is 24.0 Å². The van der Waals surface area contributed by atoms with E-state index in [1.165, 1.54) is 11.6 Å². The van der Waals surface area contributed by atoms with Crippen LogP contribution in [0.15, 0.2) is 48.5 Å². The average molecular weight is 343 g/mol. The minimum Gasteiger partial charge on any atom is -0.472 e. The Morgan fingerprint density at radius 1 is 1.20 bits per heavy atom. The van der Waals surface area contributed by atoms with Crippen LogP contribution < -0.4 is 4.74 Å². The minimum atomic E-state index is -0.529. The van der Waals surface area contributed by atoms with Gasteiger partial charge in [-0.05, 0) is 55.6 Å². The second-order valence-corrected chi connectivity index (χ2v) is 6.88. The number of β-amino-alcohol motifs (C(OH)–C–C–N with tert-alkyl or cyclic N) is 1. The van der Waals surface area contributed by atoms with Crippen molar-refractivity contribution in [3.63, 3.8) is 0 Å². The Balaban J connectivity index is 1.81. The molecule has 0 spiro atoms. The van der Waals surface area contributed by atoms with Crippen LogP contribution in [0.25, 0.3) is 0 Å². The largest absolute Gasteiger partial charge is 0.472 e. The van der Waals surface area contributed by atoms with Gasteiger partial charge in [0.15, 0.2) is 5.72 Å². The van der Waals surface area contributed by atoms with Crippen molar-refractivity contribution in [2.75, 3.05) is 13.6 Å². The second-order valence-electron chi connectivity index (χ2n) is 6.88. The molecule has 1 fully saturated rings. The summed E-state index contributed by atoms with van der Waals surface area (Å²) in [6, 6.07) is 14.9. The summed E-state index contributed by atoms with van der Waals surface area (Å²) >= 11 is 0. The molecular formula is C21H26FNO2. The quantitative estimate of drug-likeness (QED) is 0.866. The highest BCUT2D eigenvalue weighted by atomic mass is 19.1. The van der Waals surface area contributed by atoms with E-state index in [0.29, 0.717) is 25.1 Å². The first-order chi connectivity index (χ1) is 12.0. The molecule has 25 heavy (non-hydrogen) atoms. The van der Waals surface area contributed by atoms with Gasteiger partial charge < -0.3 is 9.84 Å². The molecule has 2 atom stereocenters. The molecular weight excluding hydrogens is 317 g/mol. The van der Waals surface area contributed by atoms with Crippen molar-refractivity contribution < 1.29 is 14.2 Å². The van der Waals surface area contributed by atoms with Crippen LogP contribution in [0.2, 0.25) is 0 Å². The summed E-state index contributed by atoms with van der Waals surface area (Å²) in [5, 5.41) is 10.0. The molecule has 134 valence electrons. The van der Waals surface area contributed by atoms with Crippen LogP contribution in [0.5, 0.6) is 5.75 Å². The highest BCUT2D eigenvalue weighted by Gasteiger charge is 2.44. The zero-order valence-corrected chi connectivity index (χ0v) is 14.9. The molecule has 1 saturated heterocycles. The molecule has 1 N–H and O–H groups in total. The van der Waals surface area contributed by atoms with Gasteiger partial charge in [0.1, 0.15) is 11.6 Å². The number of aliphatic hydroxyl groups excluding tert-OH is 1. The molecule has 4 heteroatoms. The van der Waals surface area contributed by atoms with Crippen LogP contribution in [-0.4, -0.2) is 35.4 Å². The SMILES string of the molecule is CCC1(Oc2ccc(F)cc2CCc2ccccc2)CC(O)CN1C. The summed E-state index contributed by atoms with van der Waals surface area (Å²) in [5.41, 5.74) is 1.56. The van der Waals surface area contributed by atoms with Crippen molar-refractivity contribution in [2.45, 2.75) is 44.4 Å². The molecule has 1 aliphatic heterocycles. The van der Waals surface area contributed by atoms with Gasteiger partial charge in [-0.15, -0.1) is 0 Å². The van der Waals surface area contributed by atoms with Gasteiger partial charge in [-0.3, -0.25) is 4.90 Å². The number of ether oxygens (including phenoxy) is 1. The van der Waals surface area contributed by atoms with Crippen LogP contribution in [0, 0.1) is 5.82 Å². The molecule has 2 aromatic carbocycles. The van der Waals surface area contributed by atoms with Crippen LogP contribution in [0.3, 0.4) is 0 Å². The number of aryl methyl sites for hydroxylation is 2. The van der Waals surface area contributed by atoms with E-state index in [1.807, 2.05) is 25.2 Å². The maximum atomic E-state index is 13.8. The first kappa shape index (κ1) is 17.9. The molecule has 0 aliphatic carbocycles. The van der Waals surface area contributed by atoms with Crippen molar-refractivity contribution >= 4 is 0 Å². The van der Waals surface area contributed by atoms with E-state index in [-0.39, 0.29) is 5.82 Å². The molecule has 0 radical (unpaired) electrons. The maximum Gasteiger partial charge on any atom is 0.165 e. The lowest BCUT2D eigenvalue weighted by Crippen LogP contribution is -2.46. The minimum absolute atomic E-state index is 0.249. The van der Waals surface area contributed by atoms with Gasteiger partial charge in [0.05, 0.1) is 6.10 Å².